The summed E-state index contributed by atoms with van der Waals surface area (Å²) < 4.78 is 0. The molecule has 83 valence electrons. The summed E-state index contributed by atoms with van der Waals surface area (Å²) in [5, 5.41) is 0. The molecule has 0 unspecified atom stereocenters. The Hall–Kier alpha value is 1.84. The molecule has 0 bridgehead atoms. The Bertz CT molecular complexity index is 19.0. The van der Waals surface area contributed by atoms with E-state index in [1.54, 1.807) is 0 Å². The Morgan fingerprint density at radius 1 is 0.417 bits per heavy atom. The van der Waals surface area contributed by atoms with Gasteiger partial charge in [0.1, 0.15) is 0 Å². The molecule has 0 rings (SSSR count). The van der Waals surface area contributed by atoms with Gasteiger partial charge in [0.2, 0.25) is 0 Å². The first-order chi connectivity index (χ1) is 0. The van der Waals surface area contributed by atoms with Gasteiger partial charge >= 0.3 is 70.1 Å². The van der Waals surface area contributed by atoms with Gasteiger partial charge in [-0.15, -0.1) is 0 Å². The van der Waals surface area contributed by atoms with E-state index in [1.165, 1.54) is 0 Å². The molecule has 8 nitrogen and oxygen atoms in total. The zero-order chi connectivity index (χ0) is 0. The maximum Gasteiger partial charge on any atom is 2.00 e. The van der Waals surface area contributed by atoms with E-state index in [4.69, 9.17) is 0 Å². The molecule has 0 saturated heterocycles. The van der Waals surface area contributed by atoms with Crippen LogP contribution in [-0.2, 0) is 70.1 Å². The number of rotatable bonds is 0. The summed E-state index contributed by atoms with van der Waals surface area (Å²) in [5.74, 6) is 0. The van der Waals surface area contributed by atoms with Crippen molar-refractivity contribution >= 4 is 0 Å². The number of hydrogen-bond acceptors (Lipinski definition) is 8. The average molecular weight is 371 g/mol. The van der Waals surface area contributed by atoms with Crippen LogP contribution in [0.15, 0.2) is 0 Å². The fourth-order valence-corrected chi connectivity index (χ4v) is 0. The van der Waals surface area contributed by atoms with Crippen molar-refractivity contribution in [2.24, 2.45) is 0 Å². The molecule has 0 atom stereocenters. The minimum atomic E-state index is 0. The van der Waals surface area contributed by atoms with Crippen molar-refractivity contribution in [3.8, 4) is 0 Å². The fourth-order valence-electron chi connectivity index (χ4n) is 0. The molecule has 12 heavy (non-hydrogen) atoms. The van der Waals surface area contributed by atoms with E-state index < -0.39 is 0 Å². The normalized spacial score (nSPS) is 0. The zero-order valence-electron chi connectivity index (χ0n) is 5.33. The second kappa shape index (κ2) is 534. The van der Waals surface area contributed by atoms with Crippen LogP contribution in [0.4, 0.5) is 0 Å². The molecule has 1 radical (unpaired) electrons. The molecule has 0 aromatic heterocycles. The molecule has 0 spiro atoms. The second-order valence-electron chi connectivity index (χ2n) is 0. The van der Waals surface area contributed by atoms with Crippen molar-refractivity contribution < 1.29 is 114 Å². The molecule has 0 aliphatic rings. The molecule has 12 heteroatoms. The van der Waals surface area contributed by atoms with Gasteiger partial charge in [-0.25, -0.2) is 0 Å². The molecule has 0 aromatic carbocycles. The van der Waals surface area contributed by atoms with E-state index in [9.17, 15) is 0 Å². The molecule has 0 aromatic rings. The minimum Gasteiger partial charge on any atom is -0.870 e. The largest absolute Gasteiger partial charge is 2.00 e. The van der Waals surface area contributed by atoms with Crippen LogP contribution in [0, 0.1) is 0 Å². The monoisotopic (exact) mass is 369 g/mol. The molecule has 0 saturated carbocycles. The standard InChI is InChI=1S/Fe.Mn.Ni.8H2O.Zn/h;;;8*1H2;/q3*+2;;;;;;;;;+2/p-8. The van der Waals surface area contributed by atoms with Crippen LogP contribution < -0.4 is 0 Å². The summed E-state index contributed by atoms with van der Waals surface area (Å²) in [6.07, 6.45) is 0. The molecule has 8 N–H and O–H groups in total. The van der Waals surface area contributed by atoms with Crippen LogP contribution in [-0.4, -0.2) is 43.8 Å². The van der Waals surface area contributed by atoms with Crippen LogP contribution in [0.3, 0.4) is 0 Å². The Morgan fingerprint density at radius 2 is 0.417 bits per heavy atom. The maximum absolute atomic E-state index is 0. The van der Waals surface area contributed by atoms with Crippen LogP contribution in [0.25, 0.3) is 0 Å². The van der Waals surface area contributed by atoms with Crippen LogP contribution >= 0.6 is 0 Å². The van der Waals surface area contributed by atoms with Gasteiger partial charge in [-0.1, -0.05) is 0 Å². The summed E-state index contributed by atoms with van der Waals surface area (Å²) in [5.41, 5.74) is 0. The van der Waals surface area contributed by atoms with Gasteiger partial charge in [-0.05, 0) is 0 Å². The zero-order valence-corrected chi connectivity index (χ0v) is 11.6. The molecule has 0 heterocycles. The minimum absolute atomic E-state index is 0. The summed E-state index contributed by atoms with van der Waals surface area (Å²) in [6, 6.07) is 0. The maximum atomic E-state index is 0. The van der Waals surface area contributed by atoms with Gasteiger partial charge in [0.25, 0.3) is 0 Å². The first-order valence-corrected chi connectivity index (χ1v) is 0. The summed E-state index contributed by atoms with van der Waals surface area (Å²) >= 11 is 0. The number of hydrogen-bond donors (Lipinski definition) is 0. The van der Waals surface area contributed by atoms with E-state index in [-0.39, 0.29) is 114 Å². The van der Waals surface area contributed by atoms with E-state index in [0.29, 0.717) is 0 Å². The SMILES string of the molecule is [Fe+2].[Mn+2].[Ni+2].[OH-].[OH-].[OH-].[OH-].[OH-].[OH-].[OH-].[OH-].[Zn+2]. The summed E-state index contributed by atoms with van der Waals surface area (Å²) in [7, 11) is 0. The Morgan fingerprint density at radius 3 is 0.417 bits per heavy atom. The fraction of sp³-hybridized carbons (Fsp3) is 0. The topological polar surface area (TPSA) is 240 Å². The molecule has 0 fully saturated rings. The molecule has 0 aliphatic carbocycles. The van der Waals surface area contributed by atoms with Crippen molar-refractivity contribution in [3.05, 3.63) is 0 Å². The second-order valence-corrected chi connectivity index (χ2v) is 0. The molecule has 0 aliphatic heterocycles. The van der Waals surface area contributed by atoms with Crippen molar-refractivity contribution in [2.75, 3.05) is 0 Å². The quantitative estimate of drug-likeness (QED) is 0.456. The van der Waals surface area contributed by atoms with Gasteiger partial charge in [0.05, 0.1) is 0 Å². The first kappa shape index (κ1) is 676. The van der Waals surface area contributed by atoms with Crippen molar-refractivity contribution in [3.63, 3.8) is 0 Å². The van der Waals surface area contributed by atoms with E-state index in [2.05, 4.69) is 0 Å². The van der Waals surface area contributed by atoms with Crippen LogP contribution in [0.5, 0.6) is 0 Å². The predicted octanol–water partition coefficient (Wildman–Crippen LogP) is -1.42. The summed E-state index contributed by atoms with van der Waals surface area (Å²) in [6.45, 7) is 0. The first-order valence-electron chi connectivity index (χ1n) is 0. The molecular formula is H8FeMnNiO8Zn. The van der Waals surface area contributed by atoms with E-state index in [0.717, 1.165) is 0 Å². The van der Waals surface area contributed by atoms with Crippen LogP contribution in [0.1, 0.15) is 0 Å². The average Bonchev–Trinajstić information content (AvgIpc) is 0. The van der Waals surface area contributed by atoms with Gasteiger partial charge < -0.3 is 43.8 Å². The van der Waals surface area contributed by atoms with Crippen molar-refractivity contribution in [1.29, 1.82) is 0 Å². The Labute approximate surface area is 113 Å². The van der Waals surface area contributed by atoms with Crippen molar-refractivity contribution in [2.45, 2.75) is 0 Å². The third-order valence-electron chi connectivity index (χ3n) is 0. The van der Waals surface area contributed by atoms with Gasteiger partial charge in [-0.2, -0.15) is 0 Å². The van der Waals surface area contributed by atoms with Crippen molar-refractivity contribution in [1.82, 2.24) is 0 Å². The third kappa shape index (κ3) is 412. The third-order valence-corrected chi connectivity index (χ3v) is 0. The van der Waals surface area contributed by atoms with E-state index >= 15 is 0 Å². The van der Waals surface area contributed by atoms with Gasteiger partial charge in [-0.3, -0.25) is 0 Å². The summed E-state index contributed by atoms with van der Waals surface area (Å²) in [4.78, 5) is 0. The van der Waals surface area contributed by atoms with Crippen LogP contribution in [0.2, 0.25) is 0 Å². The van der Waals surface area contributed by atoms with E-state index in [1.807, 2.05) is 0 Å². The Balaban J connectivity index is 0. The van der Waals surface area contributed by atoms with Gasteiger partial charge in [0, 0.05) is 0 Å². The van der Waals surface area contributed by atoms with Gasteiger partial charge in [0.15, 0.2) is 0 Å². The predicted molar refractivity (Wildman–Crippen MR) is 15.5 cm³/mol. The Kier molecular flexibility index (Phi) is 30100. The molecule has 0 amide bonds. The smallest absolute Gasteiger partial charge is 0.870 e. The molecular weight excluding hydrogens is 363 g/mol.